The van der Waals surface area contributed by atoms with E-state index in [1.807, 2.05) is 18.3 Å². The minimum atomic E-state index is 0.976. The van der Waals surface area contributed by atoms with Crippen LogP contribution in [-0.2, 0) is 0 Å². The molecule has 0 aliphatic rings. The number of para-hydroxylation sites is 3. The van der Waals surface area contributed by atoms with Gasteiger partial charge in [-0.25, -0.2) is 0 Å². The van der Waals surface area contributed by atoms with Crippen LogP contribution in [0.5, 0.6) is 0 Å². The molecule has 0 aliphatic heterocycles. The molecule has 0 atom stereocenters. The Morgan fingerprint density at radius 2 is 1.18 bits per heavy atom. The van der Waals surface area contributed by atoms with Crippen molar-refractivity contribution in [2.75, 3.05) is 0 Å². The summed E-state index contributed by atoms with van der Waals surface area (Å²) in [6.07, 6.45) is 1.85. The second-order valence-electron chi connectivity index (χ2n) is 10.4. The Morgan fingerprint density at radius 1 is 0.450 bits per heavy atom. The summed E-state index contributed by atoms with van der Waals surface area (Å²) in [5.41, 5.74) is 9.33. The second kappa shape index (κ2) is 8.05. The molecule has 186 valence electrons. The van der Waals surface area contributed by atoms with Crippen molar-refractivity contribution in [3.8, 4) is 16.9 Å². The number of fused-ring (bicyclic) bond motifs is 12. The van der Waals surface area contributed by atoms with Crippen molar-refractivity contribution in [2.24, 2.45) is 0 Å². The molecule has 0 aliphatic carbocycles. The van der Waals surface area contributed by atoms with Gasteiger partial charge >= 0.3 is 0 Å². The lowest BCUT2D eigenvalue weighted by Gasteiger charge is -2.13. The van der Waals surface area contributed by atoms with Crippen LogP contribution in [0.2, 0.25) is 0 Å². The molecule has 0 saturated carbocycles. The molecule has 0 N–H and O–H groups in total. The van der Waals surface area contributed by atoms with Crippen LogP contribution >= 0.6 is 0 Å². The smallest absolute Gasteiger partial charge is 0.0702 e. The summed E-state index contributed by atoms with van der Waals surface area (Å²) in [5.74, 6) is 0. The van der Waals surface area contributed by atoms with Crippen LogP contribution in [-0.4, -0.2) is 14.0 Å². The minimum absolute atomic E-state index is 0.976. The Balaban J connectivity index is 1.47. The van der Waals surface area contributed by atoms with Gasteiger partial charge in [-0.3, -0.25) is 4.98 Å². The van der Waals surface area contributed by atoms with Gasteiger partial charge in [-0.1, -0.05) is 78.9 Å². The third-order valence-corrected chi connectivity index (χ3v) is 8.30. The Labute approximate surface area is 230 Å². The molecular weight excluding hydrogens is 486 g/mol. The van der Waals surface area contributed by atoms with Crippen molar-refractivity contribution >= 4 is 59.9 Å². The van der Waals surface area contributed by atoms with Gasteiger partial charge in [0.05, 0.1) is 33.3 Å². The normalized spacial score (nSPS) is 12.0. The highest BCUT2D eigenvalue weighted by molar-refractivity contribution is 6.31. The van der Waals surface area contributed by atoms with Crippen LogP contribution in [0.1, 0.15) is 0 Å². The quantitative estimate of drug-likeness (QED) is 0.213. The number of nitrogens with zero attached hydrogens (tertiary/aromatic N) is 3. The Kier molecular flexibility index (Phi) is 4.33. The van der Waals surface area contributed by atoms with Gasteiger partial charge in [0.1, 0.15) is 0 Å². The van der Waals surface area contributed by atoms with Crippen molar-refractivity contribution in [1.29, 1.82) is 0 Å². The summed E-state index contributed by atoms with van der Waals surface area (Å²) in [4.78, 5) is 4.61. The van der Waals surface area contributed by atoms with Gasteiger partial charge in [-0.2, -0.15) is 0 Å². The molecule has 0 fully saturated rings. The fourth-order valence-electron chi connectivity index (χ4n) is 6.66. The van der Waals surface area contributed by atoms with Crippen molar-refractivity contribution in [3.05, 3.63) is 140 Å². The van der Waals surface area contributed by atoms with Crippen LogP contribution < -0.4 is 0 Å². The lowest BCUT2D eigenvalue weighted by atomic mass is 9.99. The van der Waals surface area contributed by atoms with Crippen molar-refractivity contribution in [1.82, 2.24) is 14.0 Å². The molecule has 9 aromatic rings. The Morgan fingerprint density at radius 3 is 2.02 bits per heavy atom. The summed E-state index contributed by atoms with van der Waals surface area (Å²) >= 11 is 0. The first-order valence-corrected chi connectivity index (χ1v) is 13.7. The largest absolute Gasteiger partial charge is 0.309 e. The average molecular weight is 510 g/mol. The average Bonchev–Trinajstić information content (AvgIpc) is 3.58. The van der Waals surface area contributed by atoms with E-state index in [4.69, 9.17) is 0 Å². The first-order chi connectivity index (χ1) is 19.9. The molecule has 5 aromatic carbocycles. The van der Waals surface area contributed by atoms with Gasteiger partial charge in [0.2, 0.25) is 0 Å². The highest BCUT2D eigenvalue weighted by Crippen LogP contribution is 2.42. The van der Waals surface area contributed by atoms with E-state index >= 15 is 0 Å². The molecule has 0 spiro atoms. The molecule has 40 heavy (non-hydrogen) atoms. The molecule has 4 aromatic heterocycles. The van der Waals surface area contributed by atoms with Gasteiger partial charge < -0.3 is 8.97 Å². The molecule has 3 nitrogen and oxygen atoms in total. The zero-order valence-corrected chi connectivity index (χ0v) is 21.6. The van der Waals surface area contributed by atoms with Gasteiger partial charge in [-0.15, -0.1) is 0 Å². The third-order valence-electron chi connectivity index (χ3n) is 8.30. The van der Waals surface area contributed by atoms with E-state index in [1.54, 1.807) is 0 Å². The number of pyridine rings is 2. The summed E-state index contributed by atoms with van der Waals surface area (Å²) in [6, 6.07) is 48.1. The molecule has 0 bridgehead atoms. The SMILES string of the molecule is c1ccc(-c2cccc(-n3c4ccccc4c4c5c6ccccc6n6c7ccccc7cc6c5ccc43)c2)nc1. The molecule has 9 rings (SSSR count). The Hall–Kier alpha value is -5.41. The van der Waals surface area contributed by atoms with E-state index in [-0.39, 0.29) is 0 Å². The molecular formula is C37H23N3. The van der Waals surface area contributed by atoms with Crippen LogP contribution in [0.3, 0.4) is 0 Å². The fraction of sp³-hybridized carbons (Fsp3) is 0. The highest BCUT2D eigenvalue weighted by Gasteiger charge is 2.19. The summed E-state index contributed by atoms with van der Waals surface area (Å²) in [7, 11) is 0. The minimum Gasteiger partial charge on any atom is -0.309 e. The lowest BCUT2D eigenvalue weighted by Crippen LogP contribution is -1.95. The van der Waals surface area contributed by atoms with E-state index < -0.39 is 0 Å². The maximum atomic E-state index is 4.61. The predicted octanol–water partition coefficient (Wildman–Crippen LogP) is 9.56. The van der Waals surface area contributed by atoms with Crippen molar-refractivity contribution in [3.63, 3.8) is 0 Å². The highest BCUT2D eigenvalue weighted by atomic mass is 15.0. The fourth-order valence-corrected chi connectivity index (χ4v) is 6.66. The summed E-state index contributed by atoms with van der Waals surface area (Å²) in [5, 5.41) is 7.65. The van der Waals surface area contributed by atoms with Gasteiger partial charge in [0, 0.05) is 49.8 Å². The maximum Gasteiger partial charge on any atom is 0.0702 e. The molecule has 0 amide bonds. The van der Waals surface area contributed by atoms with Gasteiger partial charge in [-0.05, 0) is 54.6 Å². The first-order valence-electron chi connectivity index (χ1n) is 13.7. The molecule has 0 saturated heterocycles. The zero-order valence-electron chi connectivity index (χ0n) is 21.6. The molecule has 0 unspecified atom stereocenters. The lowest BCUT2D eigenvalue weighted by molar-refractivity contribution is 1.18. The molecule has 3 heteroatoms. The third kappa shape index (κ3) is 2.86. The van der Waals surface area contributed by atoms with Crippen LogP contribution in [0.4, 0.5) is 0 Å². The van der Waals surface area contributed by atoms with Crippen LogP contribution in [0, 0.1) is 0 Å². The van der Waals surface area contributed by atoms with Crippen LogP contribution in [0.15, 0.2) is 140 Å². The maximum absolute atomic E-state index is 4.61. The van der Waals surface area contributed by atoms with Crippen molar-refractivity contribution in [2.45, 2.75) is 0 Å². The topological polar surface area (TPSA) is 22.2 Å². The second-order valence-corrected chi connectivity index (χ2v) is 10.4. The van der Waals surface area contributed by atoms with Gasteiger partial charge in [0.15, 0.2) is 0 Å². The van der Waals surface area contributed by atoms with Gasteiger partial charge in [0.25, 0.3) is 0 Å². The number of aromatic nitrogens is 3. The van der Waals surface area contributed by atoms with E-state index in [1.165, 1.54) is 59.9 Å². The van der Waals surface area contributed by atoms with E-state index in [0.717, 1.165) is 16.9 Å². The Bertz CT molecular complexity index is 2430. The number of benzene rings is 5. The first kappa shape index (κ1) is 21.5. The number of hydrogen-bond acceptors (Lipinski definition) is 1. The van der Waals surface area contributed by atoms with E-state index in [0.29, 0.717) is 0 Å². The summed E-state index contributed by atoms with van der Waals surface area (Å²) < 4.78 is 4.83. The van der Waals surface area contributed by atoms with E-state index in [2.05, 4.69) is 135 Å². The number of rotatable bonds is 2. The zero-order chi connectivity index (χ0) is 26.2. The molecule has 0 radical (unpaired) electrons. The predicted molar refractivity (Wildman–Crippen MR) is 167 cm³/mol. The molecule has 4 heterocycles. The van der Waals surface area contributed by atoms with Crippen LogP contribution in [0.25, 0.3) is 76.8 Å². The van der Waals surface area contributed by atoms with E-state index in [9.17, 15) is 0 Å². The standard InChI is InChI=1S/C37H23N3/c1-4-16-31-25(10-1)23-35-29-19-20-34-37(36(29)27-13-2-6-18-33(27)40(31)35)28-14-3-5-17-32(28)39(34)26-12-9-11-24(22-26)30-15-7-8-21-38-30/h1-23H. The van der Waals surface area contributed by atoms with Crippen molar-refractivity contribution < 1.29 is 0 Å². The summed E-state index contributed by atoms with van der Waals surface area (Å²) in [6.45, 7) is 0. The number of hydrogen-bond donors (Lipinski definition) is 0. The monoisotopic (exact) mass is 509 g/mol.